The van der Waals surface area contributed by atoms with Gasteiger partial charge in [-0.05, 0) is 75.4 Å². The van der Waals surface area contributed by atoms with Crippen LogP contribution < -0.4 is 9.47 Å². The Labute approximate surface area is 200 Å². The van der Waals surface area contributed by atoms with E-state index in [2.05, 4.69) is 6.58 Å². The number of rotatable bonds is 10. The number of methoxy groups -OCH3 is 1. The average molecular weight is 465 g/mol. The van der Waals surface area contributed by atoms with E-state index >= 15 is 0 Å². The van der Waals surface area contributed by atoms with Crippen LogP contribution in [0.25, 0.3) is 5.76 Å². The summed E-state index contributed by atoms with van der Waals surface area (Å²) < 4.78 is 10.9. The van der Waals surface area contributed by atoms with Crippen LogP contribution in [-0.4, -0.2) is 67.5 Å². The molecule has 1 N–H and O–H groups in total. The van der Waals surface area contributed by atoms with Gasteiger partial charge in [-0.25, -0.2) is 0 Å². The SMILES string of the molecule is C=CCOc1ccc(C(O)=C2C(=O)C(=O)N(CCCN(C)C)[C@@H]2c2ccc(OC)cc2)cc1C. The predicted octanol–water partition coefficient (Wildman–Crippen LogP) is 3.94. The van der Waals surface area contributed by atoms with E-state index < -0.39 is 17.7 Å². The highest BCUT2D eigenvalue weighted by molar-refractivity contribution is 6.46. The molecule has 1 aliphatic rings. The standard InChI is InChI=1S/C27H32N2O5/c1-6-16-34-22-13-10-20(17-18(22)2)25(30)23-24(19-8-11-21(33-5)12-9-19)29(27(32)26(23)31)15-7-14-28(3)4/h6,8-13,17,24,30H,1,7,14-16H2,2-5H3/t24-/m1/s1. The van der Waals surface area contributed by atoms with E-state index in [-0.39, 0.29) is 11.3 Å². The first-order chi connectivity index (χ1) is 16.3. The van der Waals surface area contributed by atoms with E-state index in [1.807, 2.05) is 38.1 Å². The summed E-state index contributed by atoms with van der Waals surface area (Å²) in [7, 11) is 5.49. The fraction of sp³-hybridized carbons (Fsp3) is 0.333. The Morgan fingerprint density at radius 3 is 2.47 bits per heavy atom. The lowest BCUT2D eigenvalue weighted by Crippen LogP contribution is -2.32. The molecular formula is C27H32N2O5. The number of ketones is 1. The Hall–Kier alpha value is -3.58. The highest BCUT2D eigenvalue weighted by Gasteiger charge is 2.45. The van der Waals surface area contributed by atoms with Gasteiger partial charge in [0.25, 0.3) is 11.7 Å². The number of ether oxygens (including phenoxy) is 2. The van der Waals surface area contributed by atoms with Crippen molar-refractivity contribution < 1.29 is 24.2 Å². The second kappa shape index (κ2) is 11.0. The Morgan fingerprint density at radius 1 is 1.18 bits per heavy atom. The number of hydrogen-bond donors (Lipinski definition) is 1. The van der Waals surface area contributed by atoms with E-state index in [9.17, 15) is 14.7 Å². The van der Waals surface area contributed by atoms with Gasteiger partial charge in [0, 0.05) is 12.1 Å². The molecule has 34 heavy (non-hydrogen) atoms. The largest absolute Gasteiger partial charge is 0.507 e. The van der Waals surface area contributed by atoms with Crippen molar-refractivity contribution in [2.24, 2.45) is 0 Å². The zero-order chi connectivity index (χ0) is 24.8. The molecule has 7 heteroatoms. The Kier molecular flexibility index (Phi) is 8.12. The van der Waals surface area contributed by atoms with Crippen LogP contribution in [0.4, 0.5) is 0 Å². The van der Waals surface area contributed by atoms with Crippen LogP contribution in [0.15, 0.2) is 60.7 Å². The molecule has 1 fully saturated rings. The Bertz CT molecular complexity index is 1090. The summed E-state index contributed by atoms with van der Waals surface area (Å²) in [6.07, 6.45) is 2.35. The van der Waals surface area contributed by atoms with Gasteiger partial charge in [0.1, 0.15) is 23.9 Å². The van der Waals surface area contributed by atoms with Crippen LogP contribution in [0.3, 0.4) is 0 Å². The topological polar surface area (TPSA) is 79.3 Å². The number of amides is 1. The minimum absolute atomic E-state index is 0.0826. The third-order valence-corrected chi connectivity index (χ3v) is 5.78. The minimum Gasteiger partial charge on any atom is -0.507 e. The smallest absolute Gasteiger partial charge is 0.295 e. The molecule has 0 spiro atoms. The minimum atomic E-state index is -0.690. The zero-order valence-corrected chi connectivity index (χ0v) is 20.2. The maximum atomic E-state index is 13.1. The van der Waals surface area contributed by atoms with E-state index in [0.29, 0.717) is 36.6 Å². The number of nitrogens with zero attached hydrogens (tertiary/aromatic N) is 2. The molecule has 0 saturated carbocycles. The molecule has 7 nitrogen and oxygen atoms in total. The summed E-state index contributed by atoms with van der Waals surface area (Å²) >= 11 is 0. The highest BCUT2D eigenvalue weighted by Crippen LogP contribution is 2.40. The molecule has 2 aromatic rings. The first-order valence-electron chi connectivity index (χ1n) is 11.2. The summed E-state index contributed by atoms with van der Waals surface area (Å²) in [6.45, 7) is 7.03. The number of aryl methyl sites for hydroxylation is 1. The maximum absolute atomic E-state index is 13.1. The molecule has 1 aliphatic heterocycles. The van der Waals surface area contributed by atoms with Crippen molar-refractivity contribution in [3.63, 3.8) is 0 Å². The van der Waals surface area contributed by atoms with Gasteiger partial charge in [-0.15, -0.1) is 0 Å². The van der Waals surface area contributed by atoms with Crippen LogP contribution in [0.1, 0.15) is 29.2 Å². The number of hydrogen-bond acceptors (Lipinski definition) is 6. The fourth-order valence-corrected chi connectivity index (χ4v) is 4.06. The van der Waals surface area contributed by atoms with Crippen molar-refractivity contribution in [1.82, 2.24) is 9.80 Å². The summed E-state index contributed by atoms with van der Waals surface area (Å²) in [5.74, 6) is -0.171. The summed E-state index contributed by atoms with van der Waals surface area (Å²) in [5.41, 5.74) is 2.06. The molecular weight excluding hydrogens is 432 g/mol. The lowest BCUT2D eigenvalue weighted by molar-refractivity contribution is -0.139. The molecule has 180 valence electrons. The fourth-order valence-electron chi connectivity index (χ4n) is 4.06. The lowest BCUT2D eigenvalue weighted by atomic mass is 9.94. The van der Waals surface area contributed by atoms with Crippen molar-refractivity contribution in [3.05, 3.63) is 77.4 Å². The van der Waals surface area contributed by atoms with Gasteiger partial charge in [-0.1, -0.05) is 24.8 Å². The molecule has 0 bridgehead atoms. The van der Waals surface area contributed by atoms with Gasteiger partial charge in [0.05, 0.1) is 18.7 Å². The van der Waals surface area contributed by atoms with Crippen molar-refractivity contribution in [3.8, 4) is 11.5 Å². The normalized spacial score (nSPS) is 17.3. The summed E-state index contributed by atoms with van der Waals surface area (Å²) in [6, 6.07) is 11.7. The maximum Gasteiger partial charge on any atom is 0.295 e. The Balaban J connectivity index is 2.06. The molecule has 3 rings (SSSR count). The molecule has 0 radical (unpaired) electrons. The van der Waals surface area contributed by atoms with Gasteiger partial charge < -0.3 is 24.4 Å². The molecule has 1 saturated heterocycles. The average Bonchev–Trinajstić information content (AvgIpc) is 3.07. The zero-order valence-electron chi connectivity index (χ0n) is 20.2. The van der Waals surface area contributed by atoms with Crippen LogP contribution in [0, 0.1) is 6.92 Å². The second-order valence-corrected chi connectivity index (χ2v) is 8.50. The van der Waals surface area contributed by atoms with Gasteiger partial charge in [-0.3, -0.25) is 9.59 Å². The summed E-state index contributed by atoms with van der Waals surface area (Å²) in [5, 5.41) is 11.3. The highest BCUT2D eigenvalue weighted by atomic mass is 16.5. The number of Topliss-reactive ketones (excluding diaryl/α,β-unsaturated/α-hetero) is 1. The first kappa shape index (κ1) is 25.1. The van der Waals surface area contributed by atoms with Gasteiger partial charge in [-0.2, -0.15) is 0 Å². The van der Waals surface area contributed by atoms with Crippen molar-refractivity contribution in [2.75, 3.05) is 40.9 Å². The quantitative estimate of drug-likeness (QED) is 0.248. The third kappa shape index (κ3) is 5.31. The molecule has 0 aliphatic carbocycles. The van der Waals surface area contributed by atoms with Gasteiger partial charge in [0.2, 0.25) is 0 Å². The van der Waals surface area contributed by atoms with Gasteiger partial charge in [0.15, 0.2) is 0 Å². The number of carbonyl (C=O) groups is 2. The lowest BCUT2D eigenvalue weighted by Gasteiger charge is -2.26. The van der Waals surface area contributed by atoms with Crippen LogP contribution >= 0.6 is 0 Å². The van der Waals surface area contributed by atoms with Crippen LogP contribution in [0.5, 0.6) is 11.5 Å². The third-order valence-electron chi connectivity index (χ3n) is 5.78. The van der Waals surface area contributed by atoms with Gasteiger partial charge >= 0.3 is 0 Å². The molecule has 1 atom stereocenters. The number of aliphatic hydroxyl groups is 1. The van der Waals surface area contributed by atoms with Crippen molar-refractivity contribution in [2.45, 2.75) is 19.4 Å². The molecule has 0 unspecified atom stereocenters. The second-order valence-electron chi connectivity index (χ2n) is 8.50. The monoisotopic (exact) mass is 464 g/mol. The van der Waals surface area contributed by atoms with Crippen LogP contribution in [-0.2, 0) is 9.59 Å². The van der Waals surface area contributed by atoms with E-state index in [1.165, 1.54) is 0 Å². The summed E-state index contributed by atoms with van der Waals surface area (Å²) in [4.78, 5) is 29.8. The van der Waals surface area contributed by atoms with E-state index in [1.54, 1.807) is 48.4 Å². The number of carbonyl (C=O) groups excluding carboxylic acids is 2. The number of benzene rings is 2. The predicted molar refractivity (Wildman–Crippen MR) is 132 cm³/mol. The van der Waals surface area contributed by atoms with Crippen molar-refractivity contribution in [1.29, 1.82) is 0 Å². The number of aliphatic hydroxyl groups excluding tert-OH is 1. The molecule has 1 heterocycles. The van der Waals surface area contributed by atoms with Crippen LogP contribution in [0.2, 0.25) is 0 Å². The number of likely N-dealkylation sites (tertiary alicyclic amines) is 1. The van der Waals surface area contributed by atoms with E-state index in [0.717, 1.165) is 17.7 Å². The Morgan fingerprint density at radius 2 is 1.88 bits per heavy atom. The molecule has 0 aromatic heterocycles. The van der Waals surface area contributed by atoms with Crippen molar-refractivity contribution >= 4 is 17.4 Å². The first-order valence-corrected chi connectivity index (χ1v) is 11.2. The van der Waals surface area contributed by atoms with E-state index in [4.69, 9.17) is 9.47 Å². The molecule has 1 amide bonds. The molecule has 2 aromatic carbocycles.